The number of carbonyl (C=O) groups is 2. The normalized spacial score (nSPS) is 11.7. The molecule has 0 bridgehead atoms. The van der Waals surface area contributed by atoms with Gasteiger partial charge in [-0.15, -0.1) is 10.2 Å². The van der Waals surface area contributed by atoms with Gasteiger partial charge < -0.3 is 25.0 Å². The molecule has 0 fully saturated rings. The van der Waals surface area contributed by atoms with Crippen LogP contribution in [0.1, 0.15) is 22.2 Å². The monoisotopic (exact) mass is 509 g/mol. The van der Waals surface area contributed by atoms with Crippen molar-refractivity contribution in [3.05, 3.63) is 63.9 Å². The number of ether oxygens (including phenoxy) is 1. The number of hydrogen-bond donors (Lipinski definition) is 3. The van der Waals surface area contributed by atoms with Crippen LogP contribution in [0.25, 0.3) is 0 Å². The van der Waals surface area contributed by atoms with Gasteiger partial charge in [-0.3, -0.25) is 9.59 Å². The first-order valence-corrected chi connectivity index (χ1v) is 11.4. The number of anilines is 1. The number of aliphatic hydroxyl groups excluding tert-OH is 1. The van der Waals surface area contributed by atoms with Crippen LogP contribution in [0.3, 0.4) is 0 Å². The van der Waals surface area contributed by atoms with Crippen LogP contribution in [0.15, 0.2) is 47.6 Å². The Morgan fingerprint density at radius 2 is 1.97 bits per heavy atom. The van der Waals surface area contributed by atoms with E-state index in [-0.39, 0.29) is 17.2 Å². The van der Waals surface area contributed by atoms with Gasteiger partial charge in [0.2, 0.25) is 5.91 Å². The zero-order valence-electron chi connectivity index (χ0n) is 17.7. The standard InChI is InChI=1S/C21H21Cl2N5O4S/c1-28-19(16(10-29)25-20(31)13-5-3-4-6-14(13)23)26-27-21(28)33-11-18(30)24-15-9-12(22)7-8-17(15)32-2/h3-9,16,29H,10-11H2,1-2H3,(H,24,30)(H,25,31). The first-order chi connectivity index (χ1) is 15.8. The third-order valence-electron chi connectivity index (χ3n) is 4.55. The zero-order chi connectivity index (χ0) is 24.0. The van der Waals surface area contributed by atoms with Crippen molar-refractivity contribution in [1.82, 2.24) is 20.1 Å². The summed E-state index contributed by atoms with van der Waals surface area (Å²) in [6, 6.07) is 10.7. The number of benzene rings is 2. The average Bonchev–Trinajstić information content (AvgIpc) is 3.16. The van der Waals surface area contributed by atoms with Crippen molar-refractivity contribution in [3.63, 3.8) is 0 Å². The number of aromatic nitrogens is 3. The Hall–Kier alpha value is -2.79. The lowest BCUT2D eigenvalue weighted by molar-refractivity contribution is -0.113. The second-order valence-electron chi connectivity index (χ2n) is 6.77. The summed E-state index contributed by atoms with van der Waals surface area (Å²) < 4.78 is 6.83. The highest BCUT2D eigenvalue weighted by Crippen LogP contribution is 2.28. The van der Waals surface area contributed by atoms with Crippen LogP contribution in [-0.2, 0) is 11.8 Å². The van der Waals surface area contributed by atoms with Gasteiger partial charge in [-0.25, -0.2) is 0 Å². The van der Waals surface area contributed by atoms with Crippen LogP contribution < -0.4 is 15.4 Å². The summed E-state index contributed by atoms with van der Waals surface area (Å²) in [4.78, 5) is 25.0. The van der Waals surface area contributed by atoms with Crippen LogP contribution in [0.5, 0.6) is 5.75 Å². The van der Waals surface area contributed by atoms with Crippen LogP contribution >= 0.6 is 35.0 Å². The Kier molecular flexibility index (Phi) is 8.56. The van der Waals surface area contributed by atoms with Crippen molar-refractivity contribution >= 4 is 52.5 Å². The van der Waals surface area contributed by atoms with Crippen molar-refractivity contribution in [2.75, 3.05) is 24.8 Å². The second-order valence-corrected chi connectivity index (χ2v) is 8.56. The maximum absolute atomic E-state index is 12.5. The molecule has 1 atom stereocenters. The molecule has 0 saturated heterocycles. The van der Waals surface area contributed by atoms with Gasteiger partial charge in [0.05, 0.1) is 35.7 Å². The van der Waals surface area contributed by atoms with Gasteiger partial charge in [0.15, 0.2) is 11.0 Å². The fourth-order valence-electron chi connectivity index (χ4n) is 2.92. The molecule has 3 aromatic rings. The molecule has 0 aliphatic carbocycles. The van der Waals surface area contributed by atoms with Gasteiger partial charge in [-0.1, -0.05) is 47.1 Å². The molecule has 0 aliphatic heterocycles. The number of nitrogens with one attached hydrogen (secondary N) is 2. The van der Waals surface area contributed by atoms with Gasteiger partial charge in [0.25, 0.3) is 5.91 Å². The Balaban J connectivity index is 1.65. The zero-order valence-corrected chi connectivity index (χ0v) is 20.0. The van der Waals surface area contributed by atoms with E-state index in [0.29, 0.717) is 32.5 Å². The molecule has 3 N–H and O–H groups in total. The molecule has 0 spiro atoms. The van der Waals surface area contributed by atoms with Crippen LogP contribution in [-0.4, -0.2) is 51.2 Å². The minimum atomic E-state index is -0.815. The minimum Gasteiger partial charge on any atom is -0.495 e. The Morgan fingerprint density at radius 3 is 2.67 bits per heavy atom. The summed E-state index contributed by atoms with van der Waals surface area (Å²) in [6.45, 7) is -0.401. The summed E-state index contributed by atoms with van der Waals surface area (Å²) in [7, 11) is 3.18. The van der Waals surface area contributed by atoms with Crippen LogP contribution in [0.2, 0.25) is 10.0 Å². The molecule has 12 heteroatoms. The fraction of sp³-hybridized carbons (Fsp3) is 0.238. The largest absolute Gasteiger partial charge is 0.495 e. The lowest BCUT2D eigenvalue weighted by atomic mass is 10.2. The van der Waals surface area contributed by atoms with Crippen molar-refractivity contribution < 1.29 is 19.4 Å². The van der Waals surface area contributed by atoms with Crippen LogP contribution in [0.4, 0.5) is 5.69 Å². The highest BCUT2D eigenvalue weighted by atomic mass is 35.5. The molecule has 0 saturated carbocycles. The maximum Gasteiger partial charge on any atom is 0.253 e. The Bertz CT molecular complexity index is 1160. The molecule has 0 aliphatic rings. The molecule has 0 radical (unpaired) electrons. The first-order valence-electron chi connectivity index (χ1n) is 9.65. The van der Waals surface area contributed by atoms with E-state index in [1.54, 1.807) is 54.1 Å². The number of nitrogens with zero attached hydrogens (tertiary/aromatic N) is 3. The molecule has 1 aromatic heterocycles. The molecular weight excluding hydrogens is 489 g/mol. The molecule has 1 unspecified atom stereocenters. The smallest absolute Gasteiger partial charge is 0.253 e. The number of aliphatic hydroxyl groups is 1. The molecule has 3 rings (SSSR count). The summed E-state index contributed by atoms with van der Waals surface area (Å²) in [5.41, 5.74) is 0.736. The molecule has 174 valence electrons. The van der Waals surface area contributed by atoms with Crippen molar-refractivity contribution in [2.24, 2.45) is 7.05 Å². The maximum atomic E-state index is 12.5. The van der Waals surface area contributed by atoms with Gasteiger partial charge >= 0.3 is 0 Å². The number of rotatable bonds is 9. The quantitative estimate of drug-likeness (QED) is 0.378. The fourth-order valence-corrected chi connectivity index (χ4v) is 4.03. The predicted octanol–water partition coefficient (Wildman–Crippen LogP) is 3.32. The summed E-state index contributed by atoms with van der Waals surface area (Å²) >= 11 is 13.2. The van der Waals surface area contributed by atoms with Crippen molar-refractivity contribution in [1.29, 1.82) is 0 Å². The topological polar surface area (TPSA) is 118 Å². The van der Waals surface area contributed by atoms with Gasteiger partial charge in [-0.2, -0.15) is 0 Å². The Morgan fingerprint density at radius 1 is 1.21 bits per heavy atom. The lowest BCUT2D eigenvalue weighted by Gasteiger charge is -2.16. The van der Waals surface area contributed by atoms with Crippen molar-refractivity contribution in [2.45, 2.75) is 11.2 Å². The predicted molar refractivity (Wildman–Crippen MR) is 127 cm³/mol. The number of halogens is 2. The van der Waals surface area contributed by atoms with Gasteiger partial charge in [0, 0.05) is 12.1 Å². The Labute approximate surface area is 204 Å². The lowest BCUT2D eigenvalue weighted by Crippen LogP contribution is -2.32. The van der Waals surface area contributed by atoms with E-state index in [1.807, 2.05) is 0 Å². The summed E-state index contributed by atoms with van der Waals surface area (Å²) in [6.07, 6.45) is 0. The average molecular weight is 510 g/mol. The highest BCUT2D eigenvalue weighted by Gasteiger charge is 2.23. The molecule has 2 aromatic carbocycles. The summed E-state index contributed by atoms with van der Waals surface area (Å²) in [5.74, 6) is 0.107. The van der Waals surface area contributed by atoms with E-state index >= 15 is 0 Å². The van der Waals surface area contributed by atoms with E-state index in [4.69, 9.17) is 27.9 Å². The van der Waals surface area contributed by atoms with Gasteiger partial charge in [-0.05, 0) is 30.3 Å². The molecule has 9 nitrogen and oxygen atoms in total. The van der Waals surface area contributed by atoms with Crippen LogP contribution in [0, 0.1) is 0 Å². The molecule has 33 heavy (non-hydrogen) atoms. The third kappa shape index (κ3) is 6.17. The molecular formula is C21H21Cl2N5O4S. The second kappa shape index (κ2) is 11.4. The minimum absolute atomic E-state index is 0.0391. The molecule has 2 amide bonds. The SMILES string of the molecule is COc1ccc(Cl)cc1NC(=O)CSc1nnc(C(CO)NC(=O)c2ccccc2Cl)n1C. The van der Waals surface area contributed by atoms with E-state index < -0.39 is 18.6 Å². The summed E-state index contributed by atoms with van der Waals surface area (Å²) in [5, 5.41) is 24.6. The first kappa shape index (κ1) is 24.8. The number of amides is 2. The van der Waals surface area contributed by atoms with Gasteiger partial charge in [0.1, 0.15) is 11.8 Å². The van der Waals surface area contributed by atoms with E-state index in [9.17, 15) is 14.7 Å². The number of methoxy groups -OCH3 is 1. The van der Waals surface area contributed by atoms with E-state index in [0.717, 1.165) is 11.8 Å². The number of carbonyl (C=O) groups excluding carboxylic acids is 2. The molecule has 1 heterocycles. The number of hydrogen-bond acceptors (Lipinski definition) is 7. The third-order valence-corrected chi connectivity index (χ3v) is 6.14. The van der Waals surface area contributed by atoms with E-state index in [1.165, 1.54) is 7.11 Å². The number of thioether (sulfide) groups is 1. The highest BCUT2D eigenvalue weighted by molar-refractivity contribution is 7.99. The van der Waals surface area contributed by atoms with Crippen molar-refractivity contribution in [3.8, 4) is 5.75 Å². The van der Waals surface area contributed by atoms with E-state index in [2.05, 4.69) is 20.8 Å².